The molecule has 2 aromatic rings. The average Bonchev–Trinajstić information content (AvgIpc) is 3.32. The molecule has 12 heteroatoms. The van der Waals surface area contributed by atoms with E-state index in [0.29, 0.717) is 26.8 Å². The fraction of sp³-hybridized carbons (Fsp3) is 0.400. The van der Waals surface area contributed by atoms with Gasteiger partial charge in [0.25, 0.3) is 5.91 Å². The highest BCUT2D eigenvalue weighted by Crippen LogP contribution is 2.50. The number of benzene rings is 1. The van der Waals surface area contributed by atoms with Gasteiger partial charge in [0, 0.05) is 23.0 Å². The van der Waals surface area contributed by atoms with Crippen molar-refractivity contribution in [3.8, 4) is 0 Å². The molecule has 0 saturated carbocycles. The fourth-order valence-electron chi connectivity index (χ4n) is 3.90. The maximum atomic E-state index is 14.4. The molecule has 2 unspecified atom stereocenters. The zero-order valence-corrected chi connectivity index (χ0v) is 20.4. The van der Waals surface area contributed by atoms with E-state index in [1.807, 2.05) is 0 Å². The summed E-state index contributed by atoms with van der Waals surface area (Å²) in [4.78, 5) is 13.4. The summed E-state index contributed by atoms with van der Waals surface area (Å²) in [5, 5.41) is 7.49. The van der Waals surface area contributed by atoms with Crippen LogP contribution in [-0.2, 0) is 4.79 Å². The largest absolute Gasteiger partial charge is 0.399 e. The summed E-state index contributed by atoms with van der Waals surface area (Å²) in [6.45, 7) is 1.17. The van der Waals surface area contributed by atoms with Gasteiger partial charge in [0.2, 0.25) is 0 Å². The summed E-state index contributed by atoms with van der Waals surface area (Å²) >= 11 is 16.8. The number of nitrogens with one attached hydrogen (secondary N) is 1. The zero-order valence-electron chi connectivity index (χ0n) is 16.5. The predicted molar refractivity (Wildman–Crippen MR) is 124 cm³/mol. The van der Waals surface area contributed by atoms with Gasteiger partial charge in [0.05, 0.1) is 14.5 Å². The van der Waals surface area contributed by atoms with Crippen molar-refractivity contribution >= 4 is 67.8 Å². The summed E-state index contributed by atoms with van der Waals surface area (Å²) in [5.41, 5.74) is 2.26. The number of piperidine rings is 1. The van der Waals surface area contributed by atoms with Gasteiger partial charge in [-0.2, -0.15) is 18.3 Å². The number of alkyl halides is 3. The molecule has 1 aromatic carbocycles. The van der Waals surface area contributed by atoms with Crippen molar-refractivity contribution in [3.05, 3.63) is 49.0 Å². The van der Waals surface area contributed by atoms with Gasteiger partial charge in [0.15, 0.2) is 0 Å². The average molecular weight is 570 g/mol. The van der Waals surface area contributed by atoms with Crippen molar-refractivity contribution in [1.82, 2.24) is 10.4 Å². The highest BCUT2D eigenvalue weighted by Gasteiger charge is 2.57. The van der Waals surface area contributed by atoms with Crippen LogP contribution in [0, 0.1) is 5.92 Å². The van der Waals surface area contributed by atoms with Gasteiger partial charge in [-0.15, -0.1) is 11.3 Å². The van der Waals surface area contributed by atoms with E-state index in [1.54, 1.807) is 17.1 Å². The minimum atomic E-state index is -4.72. The van der Waals surface area contributed by atoms with Crippen molar-refractivity contribution in [1.29, 1.82) is 0 Å². The molecule has 0 radical (unpaired) electrons. The molecule has 3 heterocycles. The Morgan fingerprint density at radius 3 is 2.47 bits per heavy atom. The van der Waals surface area contributed by atoms with Crippen molar-refractivity contribution in [3.63, 3.8) is 0 Å². The van der Waals surface area contributed by atoms with Crippen LogP contribution >= 0.6 is 50.5 Å². The van der Waals surface area contributed by atoms with Crippen LogP contribution in [0.4, 0.5) is 18.9 Å². The first-order valence-electron chi connectivity index (χ1n) is 9.86. The predicted octanol–water partition coefficient (Wildman–Crippen LogP) is 6.43. The number of amides is 1. The molecule has 32 heavy (non-hydrogen) atoms. The second-order valence-corrected chi connectivity index (χ2v) is 10.9. The van der Waals surface area contributed by atoms with Crippen LogP contribution < -0.4 is 10.4 Å². The number of thiophene rings is 1. The van der Waals surface area contributed by atoms with Crippen LogP contribution in [0.25, 0.3) is 0 Å². The Bertz CT molecular complexity index is 1040. The first-order valence-corrected chi connectivity index (χ1v) is 12.2. The molecule has 1 saturated heterocycles. The minimum absolute atomic E-state index is 0.139. The molecule has 1 aromatic heterocycles. The molecular weight excluding hydrogens is 552 g/mol. The van der Waals surface area contributed by atoms with E-state index in [4.69, 9.17) is 23.2 Å². The second kappa shape index (κ2) is 9.50. The number of hydrogen-bond donors (Lipinski definition) is 1. The number of hydrazone groups is 1. The van der Waals surface area contributed by atoms with Crippen LogP contribution in [0.15, 0.2) is 39.2 Å². The summed E-state index contributed by atoms with van der Waals surface area (Å²) < 4.78 is 43.8. The van der Waals surface area contributed by atoms with Crippen LogP contribution in [0.1, 0.15) is 30.2 Å². The standard InChI is InChI=1S/C20H18BrCl2F3N4OS/c21-15-7-6-14(32-15)18-16(20(24,25)26)17(19(31)28-29-8-2-1-3-9-29)27-30(18)13-5-4-11(22)10-12(13)23/h4-7,10,16,18H,1-3,8-9H2,(H,28,31). The normalized spacial score (nSPS) is 22.2. The van der Waals surface area contributed by atoms with Crippen LogP contribution in [0.5, 0.6) is 0 Å². The van der Waals surface area contributed by atoms with E-state index in [2.05, 4.69) is 26.5 Å². The Hall–Kier alpha value is -1.33. The van der Waals surface area contributed by atoms with Gasteiger partial charge in [-0.3, -0.25) is 15.2 Å². The summed E-state index contributed by atoms with van der Waals surface area (Å²) in [6.07, 6.45) is -1.95. The zero-order chi connectivity index (χ0) is 23.0. The van der Waals surface area contributed by atoms with E-state index in [0.717, 1.165) is 30.6 Å². The van der Waals surface area contributed by atoms with Gasteiger partial charge in [-0.05, 0) is 59.1 Å². The van der Waals surface area contributed by atoms with Gasteiger partial charge in [-0.1, -0.05) is 29.6 Å². The Balaban J connectivity index is 1.78. The molecule has 0 aliphatic carbocycles. The molecule has 2 atom stereocenters. The van der Waals surface area contributed by atoms with Gasteiger partial charge in [-0.25, -0.2) is 5.01 Å². The van der Waals surface area contributed by atoms with Crippen molar-refractivity contribution in [2.75, 3.05) is 18.1 Å². The number of hydrazine groups is 1. The molecule has 172 valence electrons. The fourth-order valence-corrected chi connectivity index (χ4v) is 5.94. The number of nitrogens with zero attached hydrogens (tertiary/aromatic N) is 3. The lowest BCUT2D eigenvalue weighted by Gasteiger charge is -2.30. The molecule has 0 bridgehead atoms. The number of anilines is 1. The monoisotopic (exact) mass is 568 g/mol. The lowest BCUT2D eigenvalue weighted by atomic mass is 9.92. The number of halogens is 6. The molecule has 1 amide bonds. The Morgan fingerprint density at radius 1 is 1.16 bits per heavy atom. The first-order chi connectivity index (χ1) is 15.1. The van der Waals surface area contributed by atoms with Gasteiger partial charge in [0.1, 0.15) is 17.7 Å². The summed E-state index contributed by atoms with van der Waals surface area (Å²) in [7, 11) is 0. The molecule has 2 aliphatic heterocycles. The molecule has 0 spiro atoms. The molecule has 2 aliphatic rings. The Morgan fingerprint density at radius 2 is 1.88 bits per heavy atom. The van der Waals surface area contributed by atoms with E-state index in [-0.39, 0.29) is 10.7 Å². The van der Waals surface area contributed by atoms with Crippen molar-refractivity contribution in [2.24, 2.45) is 11.0 Å². The SMILES string of the molecule is O=C(NN1CCCCC1)C1=NN(c2ccc(Cl)cc2Cl)C(c2ccc(Br)s2)C1C(F)(F)F. The first kappa shape index (κ1) is 23.8. The quantitative estimate of drug-likeness (QED) is 0.461. The summed E-state index contributed by atoms with van der Waals surface area (Å²) in [5.74, 6) is -2.99. The number of hydrogen-bond acceptors (Lipinski definition) is 5. The van der Waals surface area contributed by atoms with E-state index >= 15 is 0 Å². The van der Waals surface area contributed by atoms with Crippen LogP contribution in [0.2, 0.25) is 10.0 Å². The maximum Gasteiger partial charge on any atom is 0.399 e. The smallest absolute Gasteiger partial charge is 0.284 e. The van der Waals surface area contributed by atoms with E-state index in [1.165, 1.54) is 23.2 Å². The molecule has 1 N–H and O–H groups in total. The number of carbonyl (C=O) groups excluding carboxylic acids is 1. The third-order valence-corrected chi connectivity index (χ3v) is 7.56. The molecular formula is C20H18BrCl2F3N4OS. The lowest BCUT2D eigenvalue weighted by molar-refractivity contribution is -0.160. The number of carbonyl (C=O) groups is 1. The lowest BCUT2D eigenvalue weighted by Crippen LogP contribution is -2.50. The van der Waals surface area contributed by atoms with Crippen LogP contribution in [-0.4, -0.2) is 35.9 Å². The highest BCUT2D eigenvalue weighted by molar-refractivity contribution is 9.11. The van der Waals surface area contributed by atoms with E-state index in [9.17, 15) is 18.0 Å². The molecule has 1 fully saturated rings. The second-order valence-electron chi connectivity index (χ2n) is 7.52. The van der Waals surface area contributed by atoms with E-state index < -0.39 is 29.8 Å². The van der Waals surface area contributed by atoms with Crippen LogP contribution in [0.3, 0.4) is 0 Å². The summed E-state index contributed by atoms with van der Waals surface area (Å²) in [6, 6.07) is 6.43. The third kappa shape index (κ3) is 4.94. The van der Waals surface area contributed by atoms with Crippen molar-refractivity contribution in [2.45, 2.75) is 31.5 Å². The molecule has 4 rings (SSSR count). The van der Waals surface area contributed by atoms with Gasteiger partial charge >= 0.3 is 6.18 Å². The maximum absolute atomic E-state index is 14.4. The van der Waals surface area contributed by atoms with Gasteiger partial charge < -0.3 is 0 Å². The van der Waals surface area contributed by atoms with Crippen molar-refractivity contribution < 1.29 is 18.0 Å². The highest BCUT2D eigenvalue weighted by atomic mass is 79.9. The molecule has 5 nitrogen and oxygen atoms in total. The number of rotatable bonds is 4. The minimum Gasteiger partial charge on any atom is -0.284 e. The Kier molecular flexibility index (Phi) is 7.07. The third-order valence-electron chi connectivity index (χ3n) is 5.33. The Labute approximate surface area is 205 Å². The topological polar surface area (TPSA) is 47.9 Å².